The van der Waals surface area contributed by atoms with Crippen molar-refractivity contribution in [2.24, 2.45) is 5.92 Å². The largest absolute Gasteiger partial charge is 0.497 e. The normalized spacial score (nSPS) is 13.7. The molecule has 0 bridgehead atoms. The second kappa shape index (κ2) is 14.1. The van der Waals surface area contributed by atoms with Crippen LogP contribution < -0.4 is 20.1 Å². The van der Waals surface area contributed by atoms with Gasteiger partial charge in [0.05, 0.1) is 32.0 Å². The molecule has 1 saturated heterocycles. The number of amides is 3. The zero-order valence-electron chi connectivity index (χ0n) is 27.7. The van der Waals surface area contributed by atoms with Gasteiger partial charge in [0.2, 0.25) is 5.91 Å². The molecule has 0 radical (unpaired) electrons. The molecule has 0 aliphatic carbocycles. The third kappa shape index (κ3) is 8.07. The third-order valence-electron chi connectivity index (χ3n) is 8.51. The molecule has 3 aromatic carbocycles. The predicted octanol–water partition coefficient (Wildman–Crippen LogP) is 7.16. The fourth-order valence-corrected chi connectivity index (χ4v) is 5.77. The fraction of sp³-hybridized carbons (Fsp3) is 0.378. The summed E-state index contributed by atoms with van der Waals surface area (Å²) in [6.45, 7) is 9.81. The molecule has 0 saturated carbocycles. The minimum atomic E-state index is -0.328. The van der Waals surface area contributed by atoms with Crippen molar-refractivity contribution in [3.05, 3.63) is 95.2 Å². The van der Waals surface area contributed by atoms with Crippen LogP contribution in [-0.2, 0) is 23.1 Å². The van der Waals surface area contributed by atoms with E-state index in [9.17, 15) is 9.59 Å². The van der Waals surface area contributed by atoms with Crippen LogP contribution in [0.4, 0.5) is 16.3 Å². The van der Waals surface area contributed by atoms with Crippen molar-refractivity contribution >= 4 is 23.4 Å². The molecular weight excluding hydrogens is 578 g/mol. The zero-order chi connectivity index (χ0) is 32.8. The number of nitrogens with one attached hydrogen (secondary N) is 2. The zero-order valence-corrected chi connectivity index (χ0v) is 27.7. The minimum absolute atomic E-state index is 0.109. The van der Waals surface area contributed by atoms with Crippen molar-refractivity contribution in [3.8, 4) is 17.2 Å². The van der Waals surface area contributed by atoms with E-state index in [1.165, 1.54) is 0 Å². The molecule has 0 spiro atoms. The van der Waals surface area contributed by atoms with E-state index in [0.29, 0.717) is 29.7 Å². The maximum atomic E-state index is 13.2. The van der Waals surface area contributed by atoms with E-state index in [2.05, 4.69) is 37.5 Å². The van der Waals surface area contributed by atoms with Crippen LogP contribution in [0.25, 0.3) is 5.69 Å². The summed E-state index contributed by atoms with van der Waals surface area (Å²) < 4.78 is 12.5. The highest BCUT2D eigenvalue weighted by molar-refractivity contribution is 5.99. The molecule has 46 heavy (non-hydrogen) atoms. The molecule has 1 aliphatic heterocycles. The van der Waals surface area contributed by atoms with Crippen molar-refractivity contribution in [2.45, 2.75) is 58.8 Å². The number of methoxy groups -OCH3 is 2. The third-order valence-corrected chi connectivity index (χ3v) is 8.51. The topological polar surface area (TPSA) is 97.7 Å². The molecule has 4 aromatic rings. The van der Waals surface area contributed by atoms with Crippen LogP contribution >= 0.6 is 0 Å². The molecule has 9 heteroatoms. The number of benzene rings is 3. The summed E-state index contributed by atoms with van der Waals surface area (Å²) in [6.07, 6.45) is 3.06. The lowest BCUT2D eigenvalue weighted by molar-refractivity contribution is -0.131. The van der Waals surface area contributed by atoms with E-state index in [1.807, 2.05) is 78.6 Å². The average molecular weight is 624 g/mol. The summed E-state index contributed by atoms with van der Waals surface area (Å²) in [4.78, 5) is 28.2. The van der Waals surface area contributed by atoms with Crippen LogP contribution in [0, 0.1) is 12.8 Å². The SMILES string of the molecule is COc1ccc(CC(=O)N2CCC(Cc3cccc(NC(=O)Nc4cc(C(C)(C)C)nn4-c4ccc(C)cc4)c3)CC2)c(OC)c1. The number of carbonyl (C=O) groups is 2. The maximum absolute atomic E-state index is 13.2. The number of aromatic nitrogens is 2. The lowest BCUT2D eigenvalue weighted by Crippen LogP contribution is -2.39. The Morgan fingerprint density at radius 2 is 1.65 bits per heavy atom. The van der Waals surface area contributed by atoms with E-state index in [4.69, 9.17) is 14.6 Å². The van der Waals surface area contributed by atoms with Crippen LogP contribution in [0.2, 0.25) is 0 Å². The van der Waals surface area contributed by atoms with Crippen LogP contribution in [0.3, 0.4) is 0 Å². The number of hydrogen-bond acceptors (Lipinski definition) is 5. The van der Waals surface area contributed by atoms with Gasteiger partial charge in [0.15, 0.2) is 0 Å². The fourth-order valence-electron chi connectivity index (χ4n) is 5.77. The molecule has 0 atom stereocenters. The van der Waals surface area contributed by atoms with Gasteiger partial charge in [-0.2, -0.15) is 5.10 Å². The number of nitrogens with zero attached hydrogens (tertiary/aromatic N) is 3. The summed E-state index contributed by atoms with van der Waals surface area (Å²) in [5.74, 6) is 2.54. The van der Waals surface area contributed by atoms with Crippen LogP contribution in [0.15, 0.2) is 72.8 Å². The number of urea groups is 1. The van der Waals surface area contributed by atoms with E-state index in [-0.39, 0.29) is 17.4 Å². The number of carbonyl (C=O) groups excluding carboxylic acids is 2. The van der Waals surface area contributed by atoms with Gasteiger partial charge in [0.1, 0.15) is 17.3 Å². The van der Waals surface area contributed by atoms with Crippen LogP contribution in [0.1, 0.15) is 56.0 Å². The van der Waals surface area contributed by atoms with Crippen LogP contribution in [0.5, 0.6) is 11.5 Å². The number of ether oxygens (including phenoxy) is 2. The van der Waals surface area contributed by atoms with Crippen LogP contribution in [-0.4, -0.2) is 53.9 Å². The monoisotopic (exact) mass is 623 g/mol. The molecule has 0 unspecified atom stereocenters. The van der Waals surface area contributed by atoms with Crippen molar-refractivity contribution < 1.29 is 19.1 Å². The molecule has 1 fully saturated rings. The molecular formula is C37H45N5O4. The van der Waals surface area contributed by atoms with Crippen molar-refractivity contribution in [1.82, 2.24) is 14.7 Å². The van der Waals surface area contributed by atoms with Gasteiger partial charge in [0, 0.05) is 41.9 Å². The Balaban J connectivity index is 1.17. The molecule has 242 valence electrons. The predicted molar refractivity (Wildman–Crippen MR) is 182 cm³/mol. The van der Waals surface area contributed by atoms with Crippen molar-refractivity contribution in [3.63, 3.8) is 0 Å². The highest BCUT2D eigenvalue weighted by Gasteiger charge is 2.25. The van der Waals surface area contributed by atoms with Crippen molar-refractivity contribution in [2.75, 3.05) is 37.9 Å². The highest BCUT2D eigenvalue weighted by Crippen LogP contribution is 2.29. The quantitative estimate of drug-likeness (QED) is 0.206. The Bertz CT molecular complexity index is 1660. The Morgan fingerprint density at radius 1 is 0.913 bits per heavy atom. The number of rotatable bonds is 9. The Labute approximate surface area is 271 Å². The number of likely N-dealkylation sites (tertiary alicyclic amines) is 1. The van der Waals surface area contributed by atoms with E-state index < -0.39 is 0 Å². The number of aryl methyl sites for hydroxylation is 1. The smallest absolute Gasteiger partial charge is 0.324 e. The first-order valence-corrected chi connectivity index (χ1v) is 15.9. The van der Waals surface area contributed by atoms with Gasteiger partial charge in [0.25, 0.3) is 0 Å². The Hall–Kier alpha value is -4.79. The summed E-state index contributed by atoms with van der Waals surface area (Å²) in [7, 11) is 3.22. The van der Waals surface area contributed by atoms with Gasteiger partial charge < -0.3 is 19.7 Å². The molecule has 1 aromatic heterocycles. The van der Waals surface area contributed by atoms with Gasteiger partial charge in [-0.25, -0.2) is 9.48 Å². The number of anilines is 2. The summed E-state index contributed by atoms with van der Waals surface area (Å²) >= 11 is 0. The van der Waals surface area contributed by atoms with E-state index in [1.54, 1.807) is 18.9 Å². The number of hydrogen-bond donors (Lipinski definition) is 2. The standard InChI is InChI=1S/C37H45N5O4/c1-25-10-13-30(14-11-25)42-34(24-33(40-42)37(2,3)4)39-36(44)38-29-9-7-8-27(21-29)20-26-16-18-41(19-17-26)35(43)22-28-12-15-31(45-5)23-32(28)46-6/h7-15,21,23-24,26H,16-20,22H2,1-6H3,(H2,38,39,44). The first-order valence-electron chi connectivity index (χ1n) is 15.9. The Morgan fingerprint density at radius 3 is 2.33 bits per heavy atom. The van der Waals surface area contributed by atoms with Crippen molar-refractivity contribution in [1.29, 1.82) is 0 Å². The molecule has 2 heterocycles. The first-order chi connectivity index (χ1) is 22.0. The second-order valence-corrected chi connectivity index (χ2v) is 13.1. The molecule has 9 nitrogen and oxygen atoms in total. The maximum Gasteiger partial charge on any atom is 0.324 e. The van der Waals surface area contributed by atoms with Gasteiger partial charge in [-0.15, -0.1) is 0 Å². The molecule has 1 aliphatic rings. The minimum Gasteiger partial charge on any atom is -0.497 e. The molecule has 3 amide bonds. The lowest BCUT2D eigenvalue weighted by Gasteiger charge is -2.32. The van der Waals surface area contributed by atoms with Gasteiger partial charge in [-0.3, -0.25) is 10.1 Å². The molecule has 2 N–H and O–H groups in total. The first kappa shape index (κ1) is 32.6. The summed E-state index contributed by atoms with van der Waals surface area (Å²) in [5.41, 5.74) is 5.50. The van der Waals surface area contributed by atoms with Gasteiger partial charge in [-0.1, -0.05) is 56.7 Å². The average Bonchev–Trinajstić information content (AvgIpc) is 3.46. The highest BCUT2D eigenvalue weighted by atomic mass is 16.5. The van der Waals surface area contributed by atoms with E-state index >= 15 is 0 Å². The van der Waals surface area contributed by atoms with E-state index in [0.717, 1.165) is 66.1 Å². The second-order valence-electron chi connectivity index (χ2n) is 13.1. The lowest BCUT2D eigenvalue weighted by atomic mass is 9.90. The number of piperidine rings is 1. The Kier molecular flexibility index (Phi) is 9.99. The van der Waals surface area contributed by atoms with Gasteiger partial charge in [-0.05, 0) is 68.0 Å². The summed E-state index contributed by atoms with van der Waals surface area (Å²) in [6, 6.07) is 23.2. The molecule has 5 rings (SSSR count). The van der Waals surface area contributed by atoms with Gasteiger partial charge >= 0.3 is 6.03 Å². The summed E-state index contributed by atoms with van der Waals surface area (Å²) in [5, 5.41) is 10.8.